The molecule has 1 aromatic rings. The Labute approximate surface area is 128 Å². The Hall–Kier alpha value is -1.65. The Morgan fingerprint density at radius 2 is 2.25 bits per heavy atom. The third-order valence-corrected chi connectivity index (χ3v) is 4.16. The predicted molar refractivity (Wildman–Crippen MR) is 91.6 cm³/mol. The second-order valence-electron chi connectivity index (χ2n) is 4.25. The number of benzene rings is 1. The maximum Gasteiger partial charge on any atom is 0.156 e. The Balaban J connectivity index is 2.27. The smallest absolute Gasteiger partial charge is 0.156 e. The van der Waals surface area contributed by atoms with E-state index in [0.717, 1.165) is 18.3 Å². The highest BCUT2D eigenvalue weighted by atomic mass is 32.2. The van der Waals surface area contributed by atoms with Gasteiger partial charge >= 0.3 is 0 Å². The van der Waals surface area contributed by atoms with Crippen molar-refractivity contribution < 1.29 is 4.79 Å². The number of hydrogen-bond donors (Lipinski definition) is 1. The Morgan fingerprint density at radius 1 is 1.40 bits per heavy atom. The Morgan fingerprint density at radius 3 is 3.00 bits per heavy atom. The maximum absolute atomic E-state index is 11.1. The molecule has 1 aromatic carbocycles. The minimum atomic E-state index is 0.585. The second-order valence-corrected chi connectivity index (χ2v) is 6.00. The van der Waals surface area contributed by atoms with Gasteiger partial charge in [-0.15, -0.1) is 0 Å². The number of thioether (sulfide) groups is 1. The number of carbonyl (C=O) groups is 1. The fourth-order valence-electron chi connectivity index (χ4n) is 1.89. The molecule has 1 aliphatic rings. The van der Waals surface area contributed by atoms with E-state index in [9.17, 15) is 4.79 Å². The van der Waals surface area contributed by atoms with Crippen LogP contribution in [0.4, 0.5) is 0 Å². The molecule has 1 aliphatic carbocycles. The van der Waals surface area contributed by atoms with Crippen molar-refractivity contribution >= 4 is 46.7 Å². The van der Waals surface area contributed by atoms with Gasteiger partial charge in [0.15, 0.2) is 6.29 Å². The summed E-state index contributed by atoms with van der Waals surface area (Å²) in [6.07, 6.45) is 11.9. The summed E-state index contributed by atoms with van der Waals surface area (Å²) in [6, 6.07) is 6.22. The van der Waals surface area contributed by atoms with E-state index in [1.807, 2.05) is 24.3 Å². The van der Waals surface area contributed by atoms with E-state index in [-0.39, 0.29) is 0 Å². The molecular formula is C16H15NOS2. The van der Waals surface area contributed by atoms with Crippen LogP contribution in [0.3, 0.4) is 0 Å². The third kappa shape index (κ3) is 3.92. The maximum atomic E-state index is 11.1. The number of rotatable bonds is 3. The molecule has 0 aliphatic heterocycles. The monoisotopic (exact) mass is 301 g/mol. The first-order chi connectivity index (χ1) is 9.72. The zero-order valence-corrected chi connectivity index (χ0v) is 12.8. The molecule has 0 fully saturated rings. The average molecular weight is 301 g/mol. The summed E-state index contributed by atoms with van der Waals surface area (Å²) in [7, 11) is 1.75. The van der Waals surface area contributed by atoms with Crippen molar-refractivity contribution in [3.63, 3.8) is 0 Å². The molecule has 20 heavy (non-hydrogen) atoms. The van der Waals surface area contributed by atoms with Crippen LogP contribution >= 0.6 is 24.0 Å². The van der Waals surface area contributed by atoms with Crippen molar-refractivity contribution in [3.05, 3.63) is 58.0 Å². The highest BCUT2D eigenvalue weighted by Crippen LogP contribution is 2.22. The van der Waals surface area contributed by atoms with Crippen LogP contribution in [-0.4, -0.2) is 17.7 Å². The van der Waals surface area contributed by atoms with Crippen molar-refractivity contribution in [3.8, 4) is 0 Å². The number of thiocarbonyl (C=S) groups is 1. The zero-order chi connectivity index (χ0) is 14.4. The first kappa shape index (κ1) is 14.8. The summed E-state index contributed by atoms with van der Waals surface area (Å²) in [5.41, 5.74) is 3.48. The van der Waals surface area contributed by atoms with E-state index < -0.39 is 0 Å². The predicted octanol–water partition coefficient (Wildman–Crippen LogP) is 3.59. The molecule has 0 saturated heterocycles. The van der Waals surface area contributed by atoms with Gasteiger partial charge in [-0.3, -0.25) is 4.79 Å². The van der Waals surface area contributed by atoms with Crippen molar-refractivity contribution in [1.82, 2.24) is 5.32 Å². The normalized spacial score (nSPS) is 13.6. The molecule has 2 rings (SSSR count). The molecule has 102 valence electrons. The van der Waals surface area contributed by atoms with Crippen LogP contribution in [0.15, 0.2) is 41.3 Å². The molecule has 0 atom stereocenters. The van der Waals surface area contributed by atoms with Crippen LogP contribution in [0.2, 0.25) is 0 Å². The highest BCUT2D eigenvalue weighted by molar-refractivity contribution is 8.26. The van der Waals surface area contributed by atoms with Gasteiger partial charge in [0, 0.05) is 7.05 Å². The van der Waals surface area contributed by atoms with Crippen LogP contribution < -0.4 is 5.32 Å². The molecular weight excluding hydrogens is 286 g/mol. The molecule has 0 spiro atoms. The molecule has 2 nitrogen and oxygen atoms in total. The summed E-state index contributed by atoms with van der Waals surface area (Å²) in [5, 5.41) is 2.85. The van der Waals surface area contributed by atoms with E-state index in [2.05, 4.69) is 29.6 Å². The molecule has 0 aromatic heterocycles. The summed E-state index contributed by atoms with van der Waals surface area (Å²) in [4.78, 5) is 11.7. The van der Waals surface area contributed by atoms with E-state index in [1.165, 1.54) is 22.9 Å². The summed E-state index contributed by atoms with van der Waals surface area (Å²) < 4.78 is 0.585. The van der Waals surface area contributed by atoms with Crippen LogP contribution in [0.5, 0.6) is 0 Å². The molecule has 0 saturated carbocycles. The minimum absolute atomic E-state index is 0.585. The average Bonchev–Trinajstić information content (AvgIpc) is 2.71. The SMILES string of the molecule is CNC(=S)S/C(C=O)=C\c1ccc2c(c1)C=CC=CC2. The van der Waals surface area contributed by atoms with Gasteiger partial charge in [-0.2, -0.15) is 0 Å². The van der Waals surface area contributed by atoms with Crippen molar-refractivity contribution in [2.75, 3.05) is 7.05 Å². The van der Waals surface area contributed by atoms with Gasteiger partial charge < -0.3 is 5.32 Å². The minimum Gasteiger partial charge on any atom is -0.374 e. The number of nitrogens with one attached hydrogen (secondary N) is 1. The van der Waals surface area contributed by atoms with Crippen molar-refractivity contribution in [1.29, 1.82) is 0 Å². The molecule has 0 amide bonds. The molecule has 0 unspecified atom stereocenters. The first-order valence-corrected chi connectivity index (χ1v) is 7.48. The Bertz CT molecular complexity index is 615. The second kappa shape index (κ2) is 7.22. The lowest BCUT2D eigenvalue weighted by molar-refractivity contribution is -0.104. The fraction of sp³-hybridized carbons (Fsp3) is 0.125. The van der Waals surface area contributed by atoms with E-state index in [1.54, 1.807) is 7.05 Å². The zero-order valence-electron chi connectivity index (χ0n) is 11.1. The lowest BCUT2D eigenvalue weighted by Gasteiger charge is -2.06. The largest absolute Gasteiger partial charge is 0.374 e. The van der Waals surface area contributed by atoms with Crippen molar-refractivity contribution in [2.45, 2.75) is 6.42 Å². The highest BCUT2D eigenvalue weighted by Gasteiger charge is 2.04. The van der Waals surface area contributed by atoms with Crippen molar-refractivity contribution in [2.24, 2.45) is 0 Å². The van der Waals surface area contributed by atoms with Crippen LogP contribution in [-0.2, 0) is 11.2 Å². The molecule has 1 N–H and O–H groups in total. The third-order valence-electron chi connectivity index (χ3n) is 2.87. The van der Waals surface area contributed by atoms with E-state index >= 15 is 0 Å². The summed E-state index contributed by atoms with van der Waals surface area (Å²) >= 11 is 6.33. The number of hydrogen-bond acceptors (Lipinski definition) is 3. The van der Waals surface area contributed by atoms with Gasteiger partial charge in [-0.25, -0.2) is 0 Å². The Kier molecular flexibility index (Phi) is 5.32. The number of carbonyl (C=O) groups excluding carboxylic acids is 1. The standard InChI is InChI=1S/C16H15NOS2/c1-17-16(19)20-15(11-18)10-12-7-8-13-5-3-2-4-6-14(13)9-12/h2-4,6-11H,5H2,1H3,(H,17,19)/b15-10-. The first-order valence-electron chi connectivity index (χ1n) is 6.25. The van der Waals surface area contributed by atoms with E-state index in [4.69, 9.17) is 12.2 Å². The van der Waals surface area contributed by atoms with Crippen LogP contribution in [0.1, 0.15) is 16.7 Å². The molecule has 0 bridgehead atoms. The van der Waals surface area contributed by atoms with Gasteiger partial charge in [0.25, 0.3) is 0 Å². The van der Waals surface area contributed by atoms with Gasteiger partial charge in [0.2, 0.25) is 0 Å². The van der Waals surface area contributed by atoms with E-state index in [0.29, 0.717) is 9.23 Å². The quantitative estimate of drug-likeness (QED) is 0.525. The van der Waals surface area contributed by atoms with Crippen LogP contribution in [0, 0.1) is 0 Å². The lowest BCUT2D eigenvalue weighted by Crippen LogP contribution is -2.11. The van der Waals surface area contributed by atoms with Gasteiger partial charge in [0.05, 0.1) is 4.91 Å². The molecule has 0 heterocycles. The van der Waals surface area contributed by atoms with Gasteiger partial charge in [-0.1, -0.05) is 60.4 Å². The van der Waals surface area contributed by atoms with Gasteiger partial charge in [0.1, 0.15) is 4.32 Å². The summed E-state index contributed by atoms with van der Waals surface area (Å²) in [6.45, 7) is 0. The fourth-order valence-corrected chi connectivity index (χ4v) is 2.73. The van der Waals surface area contributed by atoms with Crippen LogP contribution in [0.25, 0.3) is 12.2 Å². The number of aldehydes is 1. The summed E-state index contributed by atoms with van der Waals surface area (Å²) in [5.74, 6) is 0. The topological polar surface area (TPSA) is 29.1 Å². The lowest BCUT2D eigenvalue weighted by atomic mass is 10.0. The van der Waals surface area contributed by atoms with Gasteiger partial charge in [-0.05, 0) is 35.3 Å². The molecule has 0 radical (unpaired) electrons. The molecule has 4 heteroatoms. The number of fused-ring (bicyclic) bond motifs is 1. The number of allylic oxidation sites excluding steroid dienone is 4.